The molecule has 1 saturated carbocycles. The van der Waals surface area contributed by atoms with E-state index in [4.69, 9.17) is 15.0 Å². The Morgan fingerprint density at radius 2 is 2.03 bits per heavy atom. The maximum Gasteiger partial charge on any atom is 0.232 e. The summed E-state index contributed by atoms with van der Waals surface area (Å²) < 4.78 is 43.1. The van der Waals surface area contributed by atoms with E-state index >= 15 is 0 Å². The number of aromatic nitrogens is 3. The molecule has 34 heavy (non-hydrogen) atoms. The highest BCUT2D eigenvalue weighted by atomic mass is 32.2. The van der Waals surface area contributed by atoms with Gasteiger partial charge in [0.05, 0.1) is 41.0 Å². The predicted molar refractivity (Wildman–Crippen MR) is 128 cm³/mol. The minimum atomic E-state index is -2.98. The Morgan fingerprint density at radius 1 is 1.26 bits per heavy atom. The van der Waals surface area contributed by atoms with Gasteiger partial charge in [-0.1, -0.05) is 5.16 Å². The summed E-state index contributed by atoms with van der Waals surface area (Å²) >= 11 is 0. The van der Waals surface area contributed by atoms with Crippen LogP contribution in [0.5, 0.6) is 5.88 Å². The van der Waals surface area contributed by atoms with E-state index < -0.39 is 20.3 Å². The number of amidine groups is 1. The molecule has 1 aliphatic rings. The molecule has 1 atom stereocenters. The average Bonchev–Trinajstić information content (AvgIpc) is 3.50. The molecule has 1 aromatic carbocycles. The lowest BCUT2D eigenvalue weighted by Crippen LogP contribution is -2.46. The topological polar surface area (TPSA) is 129 Å². The molecule has 4 rings (SSSR count). The molecule has 0 spiro atoms. The van der Waals surface area contributed by atoms with Crippen LogP contribution >= 0.6 is 0 Å². The summed E-state index contributed by atoms with van der Waals surface area (Å²) in [5.41, 5.74) is 7.91. The maximum atomic E-state index is 14.9. The molecule has 2 N–H and O–H groups in total. The summed E-state index contributed by atoms with van der Waals surface area (Å²) in [5.74, 6) is 0.433. The van der Waals surface area contributed by atoms with Gasteiger partial charge in [0.25, 0.3) is 0 Å². The van der Waals surface area contributed by atoms with E-state index in [0.717, 1.165) is 12.8 Å². The van der Waals surface area contributed by atoms with Gasteiger partial charge in [-0.25, -0.2) is 22.9 Å². The van der Waals surface area contributed by atoms with Gasteiger partial charge in [0.1, 0.15) is 27.8 Å². The second-order valence-corrected chi connectivity index (χ2v) is 11.4. The summed E-state index contributed by atoms with van der Waals surface area (Å²) in [4.78, 5) is 12.4. The van der Waals surface area contributed by atoms with Crippen molar-refractivity contribution in [1.82, 2.24) is 15.1 Å². The lowest BCUT2D eigenvalue weighted by Gasteiger charge is -2.29. The normalized spacial score (nSPS) is 16.2. The van der Waals surface area contributed by atoms with Crippen LogP contribution in [-0.2, 0) is 15.5 Å². The highest BCUT2D eigenvalue weighted by Gasteiger charge is 2.39. The Kier molecular flexibility index (Phi) is 6.39. The Bertz CT molecular complexity index is 1340. The van der Waals surface area contributed by atoms with Gasteiger partial charge >= 0.3 is 0 Å². The monoisotopic (exact) mass is 486 g/mol. The van der Waals surface area contributed by atoms with Gasteiger partial charge in [0.2, 0.25) is 5.88 Å². The first-order valence-electron chi connectivity index (χ1n) is 10.7. The van der Waals surface area contributed by atoms with E-state index in [-0.39, 0.29) is 23.2 Å². The Balaban J connectivity index is 1.68. The van der Waals surface area contributed by atoms with E-state index in [1.807, 2.05) is 0 Å². The Morgan fingerprint density at radius 3 is 2.65 bits per heavy atom. The van der Waals surface area contributed by atoms with Crippen molar-refractivity contribution in [2.75, 3.05) is 14.2 Å². The van der Waals surface area contributed by atoms with Gasteiger partial charge in [-0.3, -0.25) is 4.99 Å². The van der Waals surface area contributed by atoms with Crippen LogP contribution in [0.2, 0.25) is 0 Å². The predicted octanol–water partition coefficient (Wildman–Crippen LogP) is 3.84. The second-order valence-electron chi connectivity index (χ2n) is 8.57. The fourth-order valence-corrected chi connectivity index (χ4v) is 5.79. The molecule has 2 heterocycles. The number of nitrogens with zero attached hydrogens (tertiary/aromatic N) is 5. The largest absolute Gasteiger partial charge is 0.480 e. The number of ether oxygens (including phenoxy) is 1. The van der Waals surface area contributed by atoms with Crippen molar-refractivity contribution in [2.24, 2.45) is 15.1 Å². The van der Waals surface area contributed by atoms with Crippen LogP contribution in [0.3, 0.4) is 0 Å². The zero-order valence-electron chi connectivity index (χ0n) is 19.5. The molecule has 9 nitrogen and oxygen atoms in total. The third kappa shape index (κ3) is 4.65. The number of halogens is 1. The molecule has 11 heteroatoms. The van der Waals surface area contributed by atoms with Gasteiger partial charge < -0.3 is 15.0 Å². The first kappa shape index (κ1) is 23.8. The van der Waals surface area contributed by atoms with Crippen LogP contribution in [0.15, 0.2) is 50.5 Å². The Hall–Kier alpha value is -3.34. The van der Waals surface area contributed by atoms with Gasteiger partial charge in [-0.05, 0) is 44.9 Å². The summed E-state index contributed by atoms with van der Waals surface area (Å²) in [6, 6.07) is 6.20. The fraction of sp³-hybridized carbons (Fsp3) is 0.391. The lowest BCUT2D eigenvalue weighted by atomic mass is 10.1. The van der Waals surface area contributed by atoms with Crippen molar-refractivity contribution in [3.8, 4) is 28.6 Å². The van der Waals surface area contributed by atoms with E-state index in [2.05, 4.69) is 24.5 Å². The summed E-state index contributed by atoms with van der Waals surface area (Å²) in [7, 11) is 0.0689. The van der Waals surface area contributed by atoms with Crippen LogP contribution < -0.4 is 10.5 Å². The molecule has 180 valence electrons. The molecule has 1 fully saturated rings. The molecule has 1 unspecified atom stereocenters. The molecule has 0 amide bonds. The van der Waals surface area contributed by atoms with Crippen molar-refractivity contribution in [1.29, 1.82) is 0 Å². The molecule has 0 radical (unpaired) electrons. The van der Waals surface area contributed by atoms with Crippen LogP contribution in [0.1, 0.15) is 32.3 Å². The first-order valence-corrected chi connectivity index (χ1v) is 12.4. The van der Waals surface area contributed by atoms with Crippen molar-refractivity contribution in [3.63, 3.8) is 0 Å². The fourth-order valence-electron chi connectivity index (χ4n) is 3.34. The number of hydrogen-bond acceptors (Lipinski definition) is 8. The summed E-state index contributed by atoms with van der Waals surface area (Å²) in [5, 5.41) is 4.05. The third-order valence-electron chi connectivity index (χ3n) is 5.81. The number of aliphatic imine (C=N–C) groups is 1. The average molecular weight is 487 g/mol. The molecule has 0 bridgehead atoms. The Labute approximate surface area is 197 Å². The van der Waals surface area contributed by atoms with Crippen molar-refractivity contribution in [2.45, 2.75) is 43.2 Å². The number of hydrogen-bond donors (Lipinski definition) is 1. The van der Waals surface area contributed by atoms with E-state index in [1.165, 1.54) is 25.6 Å². The standard InChI is InChI=1S/C23H27FN6O3S/c1-23(2,22(25)26-3)34(31,30-16-6-7-16)13-15-9-14(5-8-17(15)24)20-10-18(29-33-20)19-11-28-21(32-4)12-27-19/h5,8-12,16H,6-7,13H2,1-4H3,(H2,25,26). The minimum Gasteiger partial charge on any atom is -0.480 e. The van der Waals surface area contributed by atoms with Gasteiger partial charge in [-0.15, -0.1) is 0 Å². The van der Waals surface area contributed by atoms with Crippen molar-refractivity contribution in [3.05, 3.63) is 48.0 Å². The lowest BCUT2D eigenvalue weighted by molar-refractivity contribution is 0.395. The van der Waals surface area contributed by atoms with Crippen LogP contribution in [0.4, 0.5) is 4.39 Å². The molecule has 1 aliphatic carbocycles. The highest BCUT2D eigenvalue weighted by molar-refractivity contribution is 7.95. The van der Waals surface area contributed by atoms with Gasteiger partial charge in [-0.2, -0.15) is 0 Å². The minimum absolute atomic E-state index is 0.00473. The van der Waals surface area contributed by atoms with Crippen LogP contribution in [-0.4, -0.2) is 50.1 Å². The van der Waals surface area contributed by atoms with Crippen LogP contribution in [0.25, 0.3) is 22.7 Å². The van der Waals surface area contributed by atoms with E-state index in [0.29, 0.717) is 28.6 Å². The van der Waals surface area contributed by atoms with E-state index in [9.17, 15) is 8.60 Å². The first-order chi connectivity index (χ1) is 16.2. The molecule has 0 aliphatic heterocycles. The zero-order valence-corrected chi connectivity index (χ0v) is 20.3. The molecule has 0 saturated heterocycles. The van der Waals surface area contributed by atoms with E-state index in [1.54, 1.807) is 39.1 Å². The summed E-state index contributed by atoms with van der Waals surface area (Å²) in [6.07, 6.45) is 4.74. The zero-order chi connectivity index (χ0) is 24.5. The number of benzene rings is 1. The van der Waals surface area contributed by atoms with Crippen LogP contribution in [0, 0.1) is 5.82 Å². The highest BCUT2D eigenvalue weighted by Crippen LogP contribution is 2.34. The summed E-state index contributed by atoms with van der Waals surface area (Å²) in [6.45, 7) is 3.48. The third-order valence-corrected chi connectivity index (χ3v) is 8.96. The number of methoxy groups -OCH3 is 1. The van der Waals surface area contributed by atoms with Crippen molar-refractivity contribution >= 4 is 15.6 Å². The molecule has 2 aromatic heterocycles. The molecule has 3 aromatic rings. The number of nitrogens with two attached hydrogens (primary N) is 1. The van der Waals surface area contributed by atoms with Gasteiger partial charge in [0.15, 0.2) is 5.76 Å². The number of rotatable bonds is 8. The van der Waals surface area contributed by atoms with Crippen molar-refractivity contribution < 1.29 is 17.9 Å². The SMILES string of the molecule is C/N=C(/N)C(C)(C)S(=O)(Cc1cc(-c2cc(-c3cnc(OC)cn3)no2)ccc1F)=NC1CC1. The van der Waals surface area contributed by atoms with Gasteiger partial charge in [0, 0.05) is 24.2 Å². The smallest absolute Gasteiger partial charge is 0.232 e. The quantitative estimate of drug-likeness (QED) is 0.378. The second kappa shape index (κ2) is 9.13. The molecular formula is C23H27FN6O3S. The maximum absolute atomic E-state index is 14.9. The molecular weight excluding hydrogens is 459 g/mol.